The van der Waals surface area contributed by atoms with Gasteiger partial charge in [0.1, 0.15) is 11.2 Å². The number of hydrogen-bond acceptors (Lipinski definition) is 4. The Morgan fingerprint density at radius 2 is 1.18 bits per heavy atom. The summed E-state index contributed by atoms with van der Waals surface area (Å²) in [6.07, 6.45) is 0. The van der Waals surface area contributed by atoms with Crippen LogP contribution in [0.2, 0.25) is 0 Å². The lowest BCUT2D eigenvalue weighted by molar-refractivity contribution is -0.0388. The van der Waals surface area contributed by atoms with Crippen LogP contribution in [0.15, 0.2) is 0 Å². The van der Waals surface area contributed by atoms with Crippen LogP contribution in [0.5, 0.6) is 0 Å². The van der Waals surface area contributed by atoms with Crippen molar-refractivity contribution >= 4 is 0 Å². The van der Waals surface area contributed by atoms with Crippen molar-refractivity contribution in [2.45, 2.75) is 25.0 Å². The highest BCUT2D eigenvalue weighted by molar-refractivity contribution is 5.31. The second-order valence-electron chi connectivity index (χ2n) is 3.66. The Kier molecular flexibility index (Phi) is 1.59. The molecule has 1 rings (SSSR count). The lowest BCUT2D eigenvalue weighted by atomic mass is 10.1. The Morgan fingerprint density at radius 1 is 0.909 bits per heavy atom. The van der Waals surface area contributed by atoms with E-state index in [2.05, 4.69) is 0 Å². The average Bonchev–Trinajstić information content (AvgIpc) is 2.32. The van der Waals surface area contributed by atoms with Gasteiger partial charge in [0.15, 0.2) is 0 Å². The summed E-state index contributed by atoms with van der Waals surface area (Å²) in [6, 6.07) is 0. The molecule has 0 unspecified atom stereocenters. The Balaban J connectivity index is 2.91. The lowest BCUT2D eigenvalue weighted by Gasteiger charge is -2.09. The van der Waals surface area contributed by atoms with Gasteiger partial charge in [-0.2, -0.15) is 0 Å². The lowest BCUT2D eigenvalue weighted by Crippen LogP contribution is -2.31. The van der Waals surface area contributed by atoms with Crippen molar-refractivity contribution in [3.05, 3.63) is 0 Å². The summed E-state index contributed by atoms with van der Waals surface area (Å²) in [5, 5.41) is 36.5. The summed E-state index contributed by atoms with van der Waals surface area (Å²) < 4.78 is 0. The molecule has 0 spiro atoms. The molecule has 0 radical (unpaired) electrons. The summed E-state index contributed by atoms with van der Waals surface area (Å²) in [6.45, 7) is 2.13. The molecule has 4 N–H and O–H groups in total. The molecule has 1 aliphatic rings. The molecule has 1 saturated carbocycles. The summed E-state index contributed by atoms with van der Waals surface area (Å²) in [4.78, 5) is 0. The van der Waals surface area contributed by atoms with Crippen LogP contribution >= 0.6 is 0 Å². The topological polar surface area (TPSA) is 80.9 Å². The fourth-order valence-electron chi connectivity index (χ4n) is 1.67. The number of aliphatic hydroxyl groups excluding tert-OH is 2. The second-order valence-corrected chi connectivity index (χ2v) is 3.66. The fourth-order valence-corrected chi connectivity index (χ4v) is 1.67. The first kappa shape index (κ1) is 8.93. The van der Waals surface area contributed by atoms with E-state index in [-0.39, 0.29) is 0 Å². The molecular formula is C7H14O4. The molecule has 0 aromatic rings. The van der Waals surface area contributed by atoms with Crippen LogP contribution in [0.4, 0.5) is 0 Å². The number of rotatable bonds is 2. The number of aliphatic hydroxyl groups is 4. The van der Waals surface area contributed by atoms with Crippen LogP contribution in [0.25, 0.3) is 0 Å². The van der Waals surface area contributed by atoms with Gasteiger partial charge in [0.2, 0.25) is 0 Å². The zero-order valence-electron chi connectivity index (χ0n) is 6.70. The Labute approximate surface area is 65.1 Å². The van der Waals surface area contributed by atoms with Gasteiger partial charge >= 0.3 is 0 Å². The van der Waals surface area contributed by atoms with Crippen molar-refractivity contribution in [1.82, 2.24) is 0 Å². The van der Waals surface area contributed by atoms with E-state index in [1.165, 1.54) is 0 Å². The van der Waals surface area contributed by atoms with E-state index in [9.17, 15) is 10.2 Å². The zero-order chi connectivity index (χ0) is 8.91. The minimum atomic E-state index is -1.55. The third kappa shape index (κ3) is 0.636. The Morgan fingerprint density at radius 3 is 1.27 bits per heavy atom. The van der Waals surface area contributed by atoms with Gasteiger partial charge in [0.25, 0.3) is 0 Å². The normalized spacial score (nSPS) is 47.5. The zero-order valence-corrected chi connectivity index (χ0v) is 6.70. The first-order chi connectivity index (χ1) is 4.87. The van der Waals surface area contributed by atoms with Crippen molar-refractivity contribution < 1.29 is 20.4 Å². The van der Waals surface area contributed by atoms with E-state index in [1.54, 1.807) is 13.8 Å². The molecule has 11 heavy (non-hydrogen) atoms. The van der Waals surface area contributed by atoms with E-state index in [0.29, 0.717) is 0 Å². The standard InChI is InChI=1S/C7H14O4/c1-5(2)6(10,3-8)7(5,11)4-9/h8-11H,3-4H2,1-2H3/t6-,7-/m0/s1. The molecule has 0 aromatic carbocycles. The summed E-state index contributed by atoms with van der Waals surface area (Å²) in [7, 11) is 0. The quantitative estimate of drug-likeness (QED) is 0.397. The van der Waals surface area contributed by atoms with Crippen molar-refractivity contribution in [1.29, 1.82) is 0 Å². The molecule has 0 saturated heterocycles. The largest absolute Gasteiger partial charge is 0.393 e. The summed E-state index contributed by atoms with van der Waals surface area (Å²) >= 11 is 0. The van der Waals surface area contributed by atoms with Crippen LogP contribution in [-0.4, -0.2) is 44.8 Å². The first-order valence-corrected chi connectivity index (χ1v) is 3.54. The van der Waals surface area contributed by atoms with Crippen molar-refractivity contribution in [2.75, 3.05) is 13.2 Å². The predicted octanol–water partition coefficient (Wildman–Crippen LogP) is -1.53. The SMILES string of the molecule is CC1(C)[C@@](O)(CO)[C@]1(O)CO. The minimum absolute atomic E-state index is 0.531. The molecule has 4 heteroatoms. The van der Waals surface area contributed by atoms with E-state index in [1.807, 2.05) is 0 Å². The van der Waals surface area contributed by atoms with E-state index < -0.39 is 29.8 Å². The molecule has 2 atom stereocenters. The van der Waals surface area contributed by atoms with Gasteiger partial charge in [-0.25, -0.2) is 0 Å². The van der Waals surface area contributed by atoms with Gasteiger partial charge < -0.3 is 20.4 Å². The third-order valence-electron chi connectivity index (χ3n) is 3.15. The highest BCUT2D eigenvalue weighted by Gasteiger charge is 2.82. The van der Waals surface area contributed by atoms with Gasteiger partial charge in [-0.05, 0) is 0 Å². The average molecular weight is 162 g/mol. The van der Waals surface area contributed by atoms with Crippen LogP contribution in [0.3, 0.4) is 0 Å². The maximum atomic E-state index is 9.52. The molecule has 0 aromatic heterocycles. The molecule has 0 heterocycles. The summed E-state index contributed by atoms with van der Waals surface area (Å²) in [5.74, 6) is 0. The van der Waals surface area contributed by atoms with E-state index in [4.69, 9.17) is 10.2 Å². The smallest absolute Gasteiger partial charge is 0.127 e. The molecule has 66 valence electrons. The van der Waals surface area contributed by atoms with Crippen molar-refractivity contribution in [2.24, 2.45) is 5.41 Å². The maximum absolute atomic E-state index is 9.52. The highest BCUT2D eigenvalue weighted by atomic mass is 16.4. The monoisotopic (exact) mass is 162 g/mol. The maximum Gasteiger partial charge on any atom is 0.127 e. The van der Waals surface area contributed by atoms with Gasteiger partial charge in [-0.15, -0.1) is 0 Å². The molecule has 1 fully saturated rings. The van der Waals surface area contributed by atoms with Gasteiger partial charge in [-0.1, -0.05) is 13.8 Å². The first-order valence-electron chi connectivity index (χ1n) is 3.54. The fraction of sp³-hybridized carbons (Fsp3) is 1.00. The van der Waals surface area contributed by atoms with Crippen LogP contribution in [0.1, 0.15) is 13.8 Å². The van der Waals surface area contributed by atoms with Gasteiger partial charge in [-0.3, -0.25) is 0 Å². The minimum Gasteiger partial charge on any atom is -0.393 e. The Bertz CT molecular complexity index is 161. The molecule has 0 bridgehead atoms. The van der Waals surface area contributed by atoms with Crippen molar-refractivity contribution in [3.8, 4) is 0 Å². The molecule has 0 aliphatic heterocycles. The predicted molar refractivity (Wildman–Crippen MR) is 37.9 cm³/mol. The van der Waals surface area contributed by atoms with Gasteiger partial charge in [0, 0.05) is 5.41 Å². The molecule has 0 amide bonds. The third-order valence-corrected chi connectivity index (χ3v) is 3.15. The van der Waals surface area contributed by atoms with Crippen LogP contribution in [-0.2, 0) is 0 Å². The van der Waals surface area contributed by atoms with E-state index in [0.717, 1.165) is 0 Å². The van der Waals surface area contributed by atoms with Crippen LogP contribution in [0, 0.1) is 5.41 Å². The van der Waals surface area contributed by atoms with Crippen molar-refractivity contribution in [3.63, 3.8) is 0 Å². The molecular weight excluding hydrogens is 148 g/mol. The number of hydrogen-bond donors (Lipinski definition) is 4. The highest BCUT2D eigenvalue weighted by Crippen LogP contribution is 2.64. The van der Waals surface area contributed by atoms with E-state index >= 15 is 0 Å². The van der Waals surface area contributed by atoms with Crippen LogP contribution < -0.4 is 0 Å². The van der Waals surface area contributed by atoms with Gasteiger partial charge in [0.05, 0.1) is 13.2 Å². The second kappa shape index (κ2) is 1.95. The Hall–Kier alpha value is -0.160. The molecule has 4 nitrogen and oxygen atoms in total. The summed E-state index contributed by atoms with van der Waals surface area (Å²) in [5.41, 5.74) is -3.92. The molecule has 1 aliphatic carbocycles.